The number of nitrogens with one attached hydrogen (secondary N) is 1. The Balaban J connectivity index is 2.42. The molecule has 0 bridgehead atoms. The molecule has 4 heteroatoms. The summed E-state index contributed by atoms with van der Waals surface area (Å²) in [6, 6.07) is 9.93. The molecule has 0 aliphatic rings. The topological polar surface area (TPSA) is 54.9 Å². The Morgan fingerprint density at radius 2 is 1.65 bits per heavy atom. The molecule has 4 nitrogen and oxygen atoms in total. The van der Waals surface area contributed by atoms with Gasteiger partial charge in [-0.05, 0) is 29.2 Å². The molecule has 0 saturated carbocycles. The third kappa shape index (κ3) is 5.20. The third-order valence-electron chi connectivity index (χ3n) is 4.56. The van der Waals surface area contributed by atoms with Gasteiger partial charge in [0.05, 0.1) is 0 Å². The van der Waals surface area contributed by atoms with Crippen molar-refractivity contribution < 1.29 is 0 Å². The van der Waals surface area contributed by atoms with Gasteiger partial charge in [-0.3, -0.25) is 9.36 Å². The molecule has 0 radical (unpaired) electrons. The number of hydrogen-bond donors (Lipinski definition) is 1. The molecule has 0 spiro atoms. The van der Waals surface area contributed by atoms with E-state index < -0.39 is 0 Å². The molecule has 1 atom stereocenters. The Kier molecular flexibility index (Phi) is 6.27. The third-order valence-corrected chi connectivity index (χ3v) is 4.56. The highest BCUT2D eigenvalue weighted by molar-refractivity contribution is 5.28. The molecule has 2 rings (SSSR count). The maximum Gasteiger partial charge on any atom is 0.328 e. The number of aromatic amines is 1. The smallest absolute Gasteiger partial charge is 0.310 e. The Bertz CT molecular complexity index is 839. The van der Waals surface area contributed by atoms with Gasteiger partial charge < -0.3 is 4.98 Å². The second-order valence-corrected chi connectivity index (χ2v) is 8.93. The molecule has 0 aliphatic heterocycles. The number of rotatable bonds is 6. The summed E-state index contributed by atoms with van der Waals surface area (Å²) in [7, 11) is 0. The zero-order valence-electron chi connectivity index (χ0n) is 16.9. The van der Waals surface area contributed by atoms with Crippen LogP contribution in [0.1, 0.15) is 70.7 Å². The van der Waals surface area contributed by atoms with Crippen molar-refractivity contribution in [2.75, 3.05) is 0 Å². The van der Waals surface area contributed by atoms with Gasteiger partial charge in [0.25, 0.3) is 5.56 Å². The Morgan fingerprint density at radius 3 is 2.19 bits per heavy atom. The van der Waals surface area contributed by atoms with Gasteiger partial charge in [0, 0.05) is 24.2 Å². The van der Waals surface area contributed by atoms with Crippen LogP contribution in [0.2, 0.25) is 0 Å². The molecular weight excluding hydrogens is 324 g/mol. The maximum absolute atomic E-state index is 13.1. The van der Waals surface area contributed by atoms with E-state index >= 15 is 0 Å². The van der Waals surface area contributed by atoms with Crippen molar-refractivity contribution in [2.24, 2.45) is 11.3 Å². The van der Waals surface area contributed by atoms with Crippen molar-refractivity contribution in [1.29, 1.82) is 0 Å². The van der Waals surface area contributed by atoms with E-state index in [1.807, 2.05) is 44.2 Å². The van der Waals surface area contributed by atoms with E-state index in [-0.39, 0.29) is 28.5 Å². The van der Waals surface area contributed by atoms with Crippen LogP contribution in [0, 0.1) is 11.3 Å². The lowest BCUT2D eigenvalue weighted by molar-refractivity contribution is 0.281. The van der Waals surface area contributed by atoms with E-state index in [4.69, 9.17) is 0 Å². The van der Waals surface area contributed by atoms with Crippen LogP contribution in [0.4, 0.5) is 0 Å². The van der Waals surface area contributed by atoms with Crippen LogP contribution in [0.25, 0.3) is 0 Å². The fraction of sp³-hybridized carbons (Fsp3) is 0.545. The highest BCUT2D eigenvalue weighted by Gasteiger charge is 2.20. The standard InChI is InChI=1S/C22H32N2O2/c1-15(2)19-18(12-17-10-8-7-9-11-17)23-21(26)24(20(19)25)14-16(3)13-22(4,5)6/h7-11,15-16H,12-14H2,1-6H3,(H,23,26). The van der Waals surface area contributed by atoms with Crippen LogP contribution < -0.4 is 11.2 Å². The van der Waals surface area contributed by atoms with Crippen LogP contribution in [0.3, 0.4) is 0 Å². The normalized spacial score (nSPS) is 13.2. The van der Waals surface area contributed by atoms with Gasteiger partial charge in [-0.1, -0.05) is 71.9 Å². The predicted molar refractivity (Wildman–Crippen MR) is 108 cm³/mol. The van der Waals surface area contributed by atoms with Crippen molar-refractivity contribution in [2.45, 2.75) is 66.8 Å². The molecule has 1 aromatic heterocycles. The minimum Gasteiger partial charge on any atom is -0.310 e. The predicted octanol–water partition coefficient (Wildman–Crippen LogP) is 4.32. The first kappa shape index (κ1) is 20.2. The van der Waals surface area contributed by atoms with Crippen molar-refractivity contribution in [3.63, 3.8) is 0 Å². The highest BCUT2D eigenvalue weighted by Crippen LogP contribution is 2.24. The van der Waals surface area contributed by atoms with Gasteiger partial charge in [-0.2, -0.15) is 0 Å². The van der Waals surface area contributed by atoms with Crippen molar-refractivity contribution in [1.82, 2.24) is 9.55 Å². The minimum absolute atomic E-state index is 0.0576. The molecule has 1 unspecified atom stereocenters. The molecule has 0 fully saturated rings. The van der Waals surface area contributed by atoms with E-state index in [1.165, 1.54) is 4.57 Å². The molecule has 1 N–H and O–H groups in total. The molecule has 142 valence electrons. The van der Waals surface area contributed by atoms with Crippen LogP contribution in [-0.2, 0) is 13.0 Å². The van der Waals surface area contributed by atoms with Crippen molar-refractivity contribution in [3.8, 4) is 0 Å². The summed E-state index contributed by atoms with van der Waals surface area (Å²) in [6.45, 7) is 13.1. The van der Waals surface area contributed by atoms with Crippen LogP contribution in [0.5, 0.6) is 0 Å². The molecule has 0 aliphatic carbocycles. The van der Waals surface area contributed by atoms with Gasteiger partial charge in [-0.25, -0.2) is 4.79 Å². The molecule has 1 aromatic carbocycles. The zero-order chi connectivity index (χ0) is 19.5. The number of nitrogens with zero attached hydrogens (tertiary/aromatic N) is 1. The Hall–Kier alpha value is -2.10. The Morgan fingerprint density at radius 1 is 1.04 bits per heavy atom. The van der Waals surface area contributed by atoms with Crippen LogP contribution in [-0.4, -0.2) is 9.55 Å². The minimum atomic E-state index is -0.300. The van der Waals surface area contributed by atoms with Gasteiger partial charge in [0.2, 0.25) is 0 Å². The summed E-state index contributed by atoms with van der Waals surface area (Å²) < 4.78 is 1.39. The van der Waals surface area contributed by atoms with Crippen LogP contribution >= 0.6 is 0 Å². The fourth-order valence-electron chi connectivity index (χ4n) is 3.75. The average Bonchev–Trinajstić information content (AvgIpc) is 2.50. The molecule has 26 heavy (non-hydrogen) atoms. The van der Waals surface area contributed by atoms with E-state index in [2.05, 4.69) is 32.7 Å². The van der Waals surface area contributed by atoms with Gasteiger partial charge in [-0.15, -0.1) is 0 Å². The zero-order valence-corrected chi connectivity index (χ0v) is 16.9. The van der Waals surface area contributed by atoms with Gasteiger partial charge in [0.1, 0.15) is 0 Å². The summed E-state index contributed by atoms with van der Waals surface area (Å²) in [5.41, 5.74) is 2.27. The SMILES string of the molecule is CC(Cn1c(=O)[nH]c(Cc2ccccc2)c(C(C)C)c1=O)CC(C)(C)C. The summed E-state index contributed by atoms with van der Waals surface area (Å²) in [5, 5.41) is 0. The van der Waals surface area contributed by atoms with Gasteiger partial charge in [0.15, 0.2) is 0 Å². The maximum atomic E-state index is 13.1. The number of H-pyrrole nitrogens is 1. The van der Waals surface area contributed by atoms with E-state index in [9.17, 15) is 9.59 Å². The monoisotopic (exact) mass is 356 g/mol. The quantitative estimate of drug-likeness (QED) is 0.838. The van der Waals surface area contributed by atoms with Crippen molar-refractivity contribution in [3.05, 3.63) is 68.0 Å². The van der Waals surface area contributed by atoms with Crippen molar-refractivity contribution >= 4 is 0 Å². The number of hydrogen-bond acceptors (Lipinski definition) is 2. The average molecular weight is 357 g/mol. The number of aromatic nitrogens is 2. The molecule has 0 saturated heterocycles. The van der Waals surface area contributed by atoms with E-state index in [0.717, 1.165) is 23.2 Å². The first-order chi connectivity index (χ1) is 12.1. The first-order valence-electron chi connectivity index (χ1n) is 9.48. The van der Waals surface area contributed by atoms with E-state index in [0.29, 0.717) is 13.0 Å². The second kappa shape index (κ2) is 8.07. The molecular formula is C22H32N2O2. The lowest BCUT2D eigenvalue weighted by Crippen LogP contribution is -2.40. The van der Waals surface area contributed by atoms with E-state index in [1.54, 1.807) is 0 Å². The van der Waals surface area contributed by atoms with Gasteiger partial charge >= 0.3 is 5.69 Å². The van der Waals surface area contributed by atoms with Crippen LogP contribution in [0.15, 0.2) is 39.9 Å². The number of benzene rings is 1. The second-order valence-electron chi connectivity index (χ2n) is 8.93. The lowest BCUT2D eigenvalue weighted by Gasteiger charge is -2.24. The summed E-state index contributed by atoms with van der Waals surface area (Å²) in [4.78, 5) is 28.7. The molecule has 0 amide bonds. The summed E-state index contributed by atoms with van der Waals surface area (Å²) in [6.07, 6.45) is 1.53. The summed E-state index contributed by atoms with van der Waals surface area (Å²) >= 11 is 0. The first-order valence-corrected chi connectivity index (χ1v) is 9.48. The Labute approximate surface area is 156 Å². The highest BCUT2D eigenvalue weighted by atomic mass is 16.2. The lowest BCUT2D eigenvalue weighted by atomic mass is 9.85. The molecule has 2 aromatic rings. The largest absolute Gasteiger partial charge is 0.328 e. The molecule has 1 heterocycles. The summed E-state index contributed by atoms with van der Waals surface area (Å²) in [5.74, 6) is 0.316. The fourth-order valence-corrected chi connectivity index (χ4v) is 3.75.